The minimum absolute atomic E-state index is 0.129. The van der Waals surface area contributed by atoms with Crippen molar-refractivity contribution in [1.29, 1.82) is 0 Å². The first kappa shape index (κ1) is 37.6. The van der Waals surface area contributed by atoms with Crippen molar-refractivity contribution < 1.29 is 18.3 Å². The van der Waals surface area contributed by atoms with Crippen molar-refractivity contribution in [3.63, 3.8) is 0 Å². The SMILES string of the molecule is CC(C)CCCCCCCCCCC[C@@H](O)CC(=O)N[C@H]1CS(=O)O[C@@H]1CCCCCCCCCCCC(C)C. The average Bonchev–Trinajstić information content (AvgIpc) is 3.23. The van der Waals surface area contributed by atoms with Crippen LogP contribution in [0.3, 0.4) is 0 Å². The van der Waals surface area contributed by atoms with E-state index in [0.717, 1.165) is 43.9 Å². The Morgan fingerprint density at radius 1 is 0.700 bits per heavy atom. The zero-order valence-corrected chi connectivity index (χ0v) is 27.8. The first-order valence-electron chi connectivity index (χ1n) is 17.3. The largest absolute Gasteiger partial charge is 0.393 e. The summed E-state index contributed by atoms with van der Waals surface area (Å²) in [6.07, 6.45) is 26.5. The van der Waals surface area contributed by atoms with Crippen LogP contribution in [0.15, 0.2) is 0 Å². The Kier molecular flexibility index (Phi) is 23.5. The van der Waals surface area contributed by atoms with Gasteiger partial charge in [-0.1, -0.05) is 156 Å². The summed E-state index contributed by atoms with van der Waals surface area (Å²) in [6, 6.07) is -0.197. The molecular weight excluding hydrogens is 518 g/mol. The van der Waals surface area contributed by atoms with E-state index >= 15 is 0 Å². The predicted molar refractivity (Wildman–Crippen MR) is 172 cm³/mol. The van der Waals surface area contributed by atoms with Gasteiger partial charge in [0.15, 0.2) is 11.1 Å². The van der Waals surface area contributed by atoms with Gasteiger partial charge < -0.3 is 10.4 Å². The highest BCUT2D eigenvalue weighted by Gasteiger charge is 2.34. The highest BCUT2D eigenvalue weighted by atomic mass is 32.2. The molecule has 1 heterocycles. The van der Waals surface area contributed by atoms with Gasteiger partial charge in [0.2, 0.25) is 5.91 Å². The van der Waals surface area contributed by atoms with E-state index in [9.17, 15) is 14.1 Å². The maximum Gasteiger partial charge on any atom is 0.222 e. The quantitative estimate of drug-likeness (QED) is 0.0942. The normalized spacial score (nSPS) is 20.0. The maximum absolute atomic E-state index is 12.5. The van der Waals surface area contributed by atoms with Crippen LogP contribution in [-0.2, 0) is 20.1 Å². The molecule has 0 aromatic carbocycles. The Morgan fingerprint density at radius 3 is 1.55 bits per heavy atom. The van der Waals surface area contributed by atoms with Gasteiger partial charge >= 0.3 is 0 Å². The number of carbonyl (C=O) groups is 1. The van der Waals surface area contributed by atoms with Gasteiger partial charge in [0.05, 0.1) is 30.4 Å². The summed E-state index contributed by atoms with van der Waals surface area (Å²) < 4.78 is 17.6. The van der Waals surface area contributed by atoms with Crippen LogP contribution < -0.4 is 5.32 Å². The van der Waals surface area contributed by atoms with Crippen LogP contribution in [0.1, 0.15) is 175 Å². The van der Waals surface area contributed by atoms with Crippen LogP contribution in [0.4, 0.5) is 0 Å². The molecule has 0 saturated carbocycles. The van der Waals surface area contributed by atoms with E-state index in [1.807, 2.05) is 0 Å². The number of aliphatic hydroxyl groups is 1. The van der Waals surface area contributed by atoms with Gasteiger partial charge in [0.25, 0.3) is 0 Å². The number of amides is 1. The third kappa shape index (κ3) is 22.2. The van der Waals surface area contributed by atoms with Gasteiger partial charge in [0.1, 0.15) is 0 Å². The number of carbonyl (C=O) groups excluding carboxylic acids is 1. The lowest BCUT2D eigenvalue weighted by Crippen LogP contribution is -2.43. The van der Waals surface area contributed by atoms with Crippen LogP contribution in [0.2, 0.25) is 0 Å². The van der Waals surface area contributed by atoms with Crippen LogP contribution in [0, 0.1) is 11.8 Å². The Morgan fingerprint density at radius 2 is 1.10 bits per heavy atom. The van der Waals surface area contributed by atoms with Crippen molar-refractivity contribution in [3.8, 4) is 0 Å². The number of aliphatic hydroxyl groups excluding tert-OH is 1. The zero-order valence-electron chi connectivity index (χ0n) is 26.9. The maximum atomic E-state index is 12.5. The first-order valence-corrected chi connectivity index (χ1v) is 18.5. The van der Waals surface area contributed by atoms with Gasteiger partial charge in [-0.25, -0.2) is 4.21 Å². The fraction of sp³-hybridized carbons (Fsp3) is 0.971. The number of rotatable bonds is 27. The molecule has 0 aliphatic carbocycles. The minimum Gasteiger partial charge on any atom is -0.393 e. The standard InChI is InChI=1S/C34H67NO4S/c1-29(2)23-19-15-11-7-5-9-13-17-21-25-31(36)27-34(37)35-32-28-40(38)39-33(32)26-22-18-14-10-6-8-12-16-20-24-30(3)4/h29-33,36H,5-28H2,1-4H3,(H,35,37)/t31-,32+,33-,40?/m1/s1. The highest BCUT2D eigenvalue weighted by molar-refractivity contribution is 7.80. The van der Waals surface area contributed by atoms with Crippen molar-refractivity contribution in [3.05, 3.63) is 0 Å². The molecule has 2 N–H and O–H groups in total. The van der Waals surface area contributed by atoms with Gasteiger partial charge in [-0.05, 0) is 24.7 Å². The lowest BCUT2D eigenvalue weighted by molar-refractivity contribution is -0.124. The van der Waals surface area contributed by atoms with Crippen molar-refractivity contribution in [2.75, 3.05) is 5.75 Å². The predicted octanol–water partition coefficient (Wildman–Crippen LogP) is 9.18. The van der Waals surface area contributed by atoms with Gasteiger partial charge in [-0.15, -0.1) is 0 Å². The number of nitrogens with one attached hydrogen (secondary N) is 1. The Hall–Kier alpha value is -0.460. The Bertz CT molecular complexity index is 627. The van der Waals surface area contributed by atoms with Gasteiger partial charge in [-0.2, -0.15) is 0 Å². The summed E-state index contributed by atoms with van der Waals surface area (Å²) in [5, 5.41) is 13.4. The van der Waals surface area contributed by atoms with Gasteiger partial charge in [0, 0.05) is 0 Å². The van der Waals surface area contributed by atoms with Crippen molar-refractivity contribution in [2.24, 2.45) is 11.8 Å². The van der Waals surface area contributed by atoms with E-state index in [0.29, 0.717) is 12.2 Å². The molecule has 0 bridgehead atoms. The van der Waals surface area contributed by atoms with E-state index in [1.165, 1.54) is 103 Å². The van der Waals surface area contributed by atoms with Crippen molar-refractivity contribution in [1.82, 2.24) is 5.32 Å². The molecule has 5 nitrogen and oxygen atoms in total. The molecule has 1 aliphatic rings. The molecule has 1 rings (SSSR count). The fourth-order valence-electron chi connectivity index (χ4n) is 5.77. The second kappa shape index (κ2) is 25.1. The lowest BCUT2D eigenvalue weighted by atomic mass is 10.0. The fourth-order valence-corrected chi connectivity index (χ4v) is 6.95. The molecule has 0 aromatic rings. The van der Waals surface area contributed by atoms with Crippen LogP contribution in [0.5, 0.6) is 0 Å². The zero-order chi connectivity index (χ0) is 29.4. The molecule has 1 fully saturated rings. The number of hydrogen-bond acceptors (Lipinski definition) is 4. The number of unbranched alkanes of at least 4 members (excludes halogenated alkanes) is 16. The minimum atomic E-state index is -1.32. The monoisotopic (exact) mass is 585 g/mol. The summed E-state index contributed by atoms with van der Waals surface area (Å²) in [5.41, 5.74) is 0. The van der Waals surface area contributed by atoms with E-state index in [-0.39, 0.29) is 24.5 Å². The van der Waals surface area contributed by atoms with Crippen molar-refractivity contribution >= 4 is 17.0 Å². The molecule has 1 amide bonds. The molecule has 6 heteroatoms. The second-order valence-electron chi connectivity index (χ2n) is 13.4. The third-order valence-electron chi connectivity index (χ3n) is 8.35. The summed E-state index contributed by atoms with van der Waals surface area (Å²) in [5.74, 6) is 1.88. The molecule has 1 saturated heterocycles. The molecule has 0 radical (unpaired) electrons. The molecule has 238 valence electrons. The summed E-state index contributed by atoms with van der Waals surface area (Å²) >= 11 is -1.32. The molecule has 1 unspecified atom stereocenters. The average molecular weight is 586 g/mol. The van der Waals surface area contributed by atoms with Crippen LogP contribution in [0.25, 0.3) is 0 Å². The van der Waals surface area contributed by atoms with Gasteiger partial charge in [-0.3, -0.25) is 8.98 Å². The van der Waals surface area contributed by atoms with Crippen LogP contribution in [-0.4, -0.2) is 39.2 Å². The number of hydrogen-bond donors (Lipinski definition) is 2. The summed E-state index contributed by atoms with van der Waals surface area (Å²) in [6.45, 7) is 9.20. The molecular formula is C34H67NO4S. The van der Waals surface area contributed by atoms with E-state index in [1.54, 1.807) is 0 Å². The topological polar surface area (TPSA) is 75.6 Å². The summed E-state index contributed by atoms with van der Waals surface area (Å²) in [4.78, 5) is 12.5. The van der Waals surface area contributed by atoms with E-state index in [4.69, 9.17) is 4.18 Å². The molecule has 4 atom stereocenters. The molecule has 0 spiro atoms. The van der Waals surface area contributed by atoms with E-state index in [2.05, 4.69) is 33.0 Å². The third-order valence-corrected chi connectivity index (χ3v) is 9.44. The van der Waals surface area contributed by atoms with E-state index < -0.39 is 17.2 Å². The highest BCUT2D eigenvalue weighted by Crippen LogP contribution is 2.21. The second-order valence-corrected chi connectivity index (χ2v) is 14.6. The Labute approximate surface area is 251 Å². The molecule has 0 aromatic heterocycles. The smallest absolute Gasteiger partial charge is 0.222 e. The summed E-state index contributed by atoms with van der Waals surface area (Å²) in [7, 11) is 0. The molecule has 1 aliphatic heterocycles. The Balaban J connectivity index is 2.03. The first-order chi connectivity index (χ1) is 19.3. The lowest BCUT2D eigenvalue weighted by Gasteiger charge is -2.19. The van der Waals surface area contributed by atoms with Crippen molar-refractivity contribution in [2.45, 2.75) is 194 Å². The van der Waals surface area contributed by atoms with Crippen LogP contribution >= 0.6 is 0 Å². The molecule has 40 heavy (non-hydrogen) atoms.